The molecule has 0 aliphatic heterocycles. The number of hydrogen-bond donors (Lipinski definition) is 1. The number of rotatable bonds is 5. The molecule has 0 radical (unpaired) electrons. The first-order chi connectivity index (χ1) is 11.2. The molecule has 1 aromatic carbocycles. The van der Waals surface area contributed by atoms with E-state index in [0.717, 1.165) is 22.0 Å². The van der Waals surface area contributed by atoms with E-state index in [-0.39, 0.29) is 5.91 Å². The Bertz CT molecular complexity index is 820. The number of nitrogens with zero attached hydrogens (tertiary/aromatic N) is 3. The number of hydrogen-bond acceptors (Lipinski definition) is 4. The van der Waals surface area contributed by atoms with Crippen LogP contribution in [0.2, 0.25) is 0 Å². The summed E-state index contributed by atoms with van der Waals surface area (Å²) < 4.78 is 1.77. The molecule has 1 N–H and O–H groups in total. The minimum Gasteiger partial charge on any atom is -0.347 e. The van der Waals surface area contributed by atoms with Crippen molar-refractivity contribution in [2.75, 3.05) is 0 Å². The van der Waals surface area contributed by atoms with E-state index >= 15 is 0 Å². The van der Waals surface area contributed by atoms with E-state index in [9.17, 15) is 4.79 Å². The van der Waals surface area contributed by atoms with Gasteiger partial charge in [-0.2, -0.15) is 5.10 Å². The van der Waals surface area contributed by atoms with E-state index in [2.05, 4.69) is 15.4 Å². The highest BCUT2D eigenvalue weighted by Gasteiger charge is 2.01. The Kier molecular flexibility index (Phi) is 4.63. The Hall–Kier alpha value is -2.73. The third-order valence-corrected chi connectivity index (χ3v) is 3.98. The minimum atomic E-state index is -0.150. The number of aryl methyl sites for hydroxylation is 1. The second-order valence-corrected chi connectivity index (χ2v) is 6.03. The fourth-order valence-electron chi connectivity index (χ4n) is 2.04. The predicted molar refractivity (Wildman–Crippen MR) is 91.3 cm³/mol. The number of nitrogens with one attached hydrogen (secondary N) is 1. The quantitative estimate of drug-likeness (QED) is 0.734. The van der Waals surface area contributed by atoms with Crippen molar-refractivity contribution in [2.45, 2.75) is 13.5 Å². The Morgan fingerprint density at radius 2 is 2.17 bits per heavy atom. The number of amides is 1. The van der Waals surface area contributed by atoms with Gasteiger partial charge in [0, 0.05) is 23.2 Å². The molecule has 0 unspecified atom stereocenters. The molecule has 2 aromatic heterocycles. The largest absolute Gasteiger partial charge is 0.347 e. The lowest BCUT2D eigenvalue weighted by atomic mass is 10.3. The van der Waals surface area contributed by atoms with Gasteiger partial charge in [-0.3, -0.25) is 4.79 Å². The smallest absolute Gasteiger partial charge is 0.244 e. The summed E-state index contributed by atoms with van der Waals surface area (Å²) in [7, 11) is 0. The molecule has 3 rings (SSSR count). The third-order valence-electron chi connectivity index (χ3n) is 3.16. The van der Waals surface area contributed by atoms with E-state index in [4.69, 9.17) is 0 Å². The van der Waals surface area contributed by atoms with Crippen molar-refractivity contribution in [2.24, 2.45) is 0 Å². The molecule has 0 bridgehead atoms. The molecule has 0 saturated heterocycles. The van der Waals surface area contributed by atoms with Crippen LogP contribution in [-0.2, 0) is 11.3 Å². The summed E-state index contributed by atoms with van der Waals surface area (Å²) in [5.41, 5.74) is 2.73. The molecule has 5 nitrogen and oxygen atoms in total. The van der Waals surface area contributed by atoms with Crippen molar-refractivity contribution in [3.8, 4) is 5.69 Å². The molecule has 0 spiro atoms. The van der Waals surface area contributed by atoms with Gasteiger partial charge in [-0.15, -0.1) is 11.3 Å². The first-order valence-corrected chi connectivity index (χ1v) is 8.06. The van der Waals surface area contributed by atoms with Crippen molar-refractivity contribution in [1.82, 2.24) is 20.1 Å². The molecule has 1 amide bonds. The number of aromatic nitrogens is 3. The van der Waals surface area contributed by atoms with Gasteiger partial charge in [0.05, 0.1) is 29.1 Å². The van der Waals surface area contributed by atoms with Gasteiger partial charge < -0.3 is 5.32 Å². The fourth-order valence-corrected chi connectivity index (χ4v) is 2.66. The number of carbonyl (C=O) groups is 1. The Labute approximate surface area is 138 Å². The summed E-state index contributed by atoms with van der Waals surface area (Å²) in [6.07, 6.45) is 6.85. The molecule has 3 aromatic rings. The minimum absolute atomic E-state index is 0.150. The summed E-state index contributed by atoms with van der Waals surface area (Å²) in [6.45, 7) is 2.39. The molecule has 0 aliphatic rings. The topological polar surface area (TPSA) is 59.8 Å². The van der Waals surface area contributed by atoms with Crippen LogP contribution in [0.3, 0.4) is 0 Å². The van der Waals surface area contributed by atoms with E-state index < -0.39 is 0 Å². The van der Waals surface area contributed by atoms with Crippen LogP contribution in [0.1, 0.15) is 16.3 Å². The maximum atomic E-state index is 11.8. The van der Waals surface area contributed by atoms with Crippen LogP contribution in [-0.4, -0.2) is 20.7 Å². The molecule has 2 heterocycles. The van der Waals surface area contributed by atoms with Gasteiger partial charge in [0.1, 0.15) is 0 Å². The summed E-state index contributed by atoms with van der Waals surface area (Å²) in [5.74, 6) is -0.150. The summed E-state index contributed by atoms with van der Waals surface area (Å²) in [5, 5.41) is 10.0. The monoisotopic (exact) mass is 324 g/mol. The average Bonchev–Trinajstić information content (AvgIpc) is 3.21. The molecule has 0 fully saturated rings. The lowest BCUT2D eigenvalue weighted by Crippen LogP contribution is -2.20. The standard InChI is InChI=1S/C17H16N4OS/c1-13-20-15(12-23-13)10-18-17(22)8-7-14-9-19-21(11-14)16-5-3-2-4-6-16/h2-9,11-12H,10H2,1H3,(H,18,22). The zero-order chi connectivity index (χ0) is 16.1. The van der Waals surface area contributed by atoms with Crippen LogP contribution >= 0.6 is 11.3 Å². The highest BCUT2D eigenvalue weighted by Crippen LogP contribution is 2.09. The average molecular weight is 324 g/mol. The molecule has 116 valence electrons. The number of carbonyl (C=O) groups excluding carboxylic acids is 1. The molecule has 0 aliphatic carbocycles. The van der Waals surface area contributed by atoms with Crippen molar-refractivity contribution < 1.29 is 4.79 Å². The lowest BCUT2D eigenvalue weighted by molar-refractivity contribution is -0.116. The highest BCUT2D eigenvalue weighted by molar-refractivity contribution is 7.09. The van der Waals surface area contributed by atoms with Gasteiger partial charge in [-0.25, -0.2) is 9.67 Å². The SMILES string of the molecule is Cc1nc(CNC(=O)C=Cc2cnn(-c3ccccc3)c2)cs1. The number of para-hydroxylation sites is 1. The molecule has 6 heteroatoms. The molecule has 23 heavy (non-hydrogen) atoms. The lowest BCUT2D eigenvalue weighted by Gasteiger charge is -1.98. The van der Waals surface area contributed by atoms with Gasteiger partial charge in [0.15, 0.2) is 0 Å². The van der Waals surface area contributed by atoms with Crippen LogP contribution < -0.4 is 5.32 Å². The van der Waals surface area contributed by atoms with Crippen molar-refractivity contribution >= 4 is 23.3 Å². The highest BCUT2D eigenvalue weighted by atomic mass is 32.1. The third kappa shape index (κ3) is 4.14. The first kappa shape index (κ1) is 15.2. The molecule has 0 atom stereocenters. The zero-order valence-electron chi connectivity index (χ0n) is 12.6. The normalized spacial score (nSPS) is 11.0. The Morgan fingerprint density at radius 3 is 2.91 bits per heavy atom. The van der Waals surface area contributed by atoms with Crippen molar-refractivity contribution in [3.05, 3.63) is 70.4 Å². The van der Waals surface area contributed by atoms with Gasteiger partial charge in [-0.05, 0) is 25.1 Å². The van der Waals surface area contributed by atoms with E-state index in [1.165, 1.54) is 6.08 Å². The Morgan fingerprint density at radius 1 is 1.35 bits per heavy atom. The zero-order valence-corrected chi connectivity index (χ0v) is 13.5. The van der Waals surface area contributed by atoms with Crippen LogP contribution in [0.4, 0.5) is 0 Å². The van der Waals surface area contributed by atoms with Crippen LogP contribution in [0.15, 0.2) is 54.2 Å². The van der Waals surface area contributed by atoms with Gasteiger partial charge in [-0.1, -0.05) is 18.2 Å². The Balaban J connectivity index is 1.57. The molecular weight excluding hydrogens is 308 g/mol. The number of thiazole rings is 1. The summed E-state index contributed by atoms with van der Waals surface area (Å²) in [4.78, 5) is 16.1. The van der Waals surface area contributed by atoms with Gasteiger partial charge >= 0.3 is 0 Å². The van der Waals surface area contributed by atoms with Gasteiger partial charge in [0.2, 0.25) is 5.91 Å². The van der Waals surface area contributed by atoms with Crippen LogP contribution in [0.25, 0.3) is 11.8 Å². The van der Waals surface area contributed by atoms with Crippen LogP contribution in [0, 0.1) is 6.92 Å². The second-order valence-electron chi connectivity index (χ2n) is 4.96. The molecular formula is C17H16N4OS. The van der Waals surface area contributed by atoms with Gasteiger partial charge in [0.25, 0.3) is 0 Å². The predicted octanol–water partition coefficient (Wildman–Crippen LogP) is 2.97. The van der Waals surface area contributed by atoms with E-state index in [1.54, 1.807) is 28.3 Å². The number of benzene rings is 1. The second kappa shape index (κ2) is 7.02. The van der Waals surface area contributed by atoms with Crippen LogP contribution in [0.5, 0.6) is 0 Å². The fraction of sp³-hybridized carbons (Fsp3) is 0.118. The van der Waals surface area contributed by atoms with E-state index in [0.29, 0.717) is 6.54 Å². The van der Waals surface area contributed by atoms with Crippen molar-refractivity contribution in [3.63, 3.8) is 0 Å². The summed E-state index contributed by atoms with van der Waals surface area (Å²) >= 11 is 1.58. The van der Waals surface area contributed by atoms with E-state index in [1.807, 2.05) is 48.8 Å². The molecule has 0 saturated carbocycles. The first-order valence-electron chi connectivity index (χ1n) is 7.18. The summed E-state index contributed by atoms with van der Waals surface area (Å²) in [6, 6.07) is 9.83. The maximum absolute atomic E-state index is 11.8. The maximum Gasteiger partial charge on any atom is 0.244 e. The van der Waals surface area contributed by atoms with Crippen molar-refractivity contribution in [1.29, 1.82) is 0 Å².